The van der Waals surface area contributed by atoms with Crippen molar-refractivity contribution in [2.75, 3.05) is 5.32 Å². The molecule has 4 nitrogen and oxygen atoms in total. The molecule has 2 bridgehead atoms. The largest absolute Gasteiger partial charge is 0.325 e. The molecule has 0 unspecified atom stereocenters. The van der Waals surface area contributed by atoms with Crippen LogP contribution in [-0.4, -0.2) is 17.5 Å². The summed E-state index contributed by atoms with van der Waals surface area (Å²) in [5.74, 6) is -1.45. The lowest BCUT2D eigenvalue weighted by atomic mass is 9.64. The van der Waals surface area contributed by atoms with E-state index >= 15 is 0 Å². The van der Waals surface area contributed by atoms with Crippen molar-refractivity contribution >= 4 is 46.4 Å². The number of rotatable bonds is 2. The van der Waals surface area contributed by atoms with Gasteiger partial charge in [-0.1, -0.05) is 44.0 Å². The molecule has 1 N–H and O–H groups in total. The Balaban J connectivity index is 2.00. The van der Waals surface area contributed by atoms with Crippen LogP contribution in [-0.2, 0) is 14.4 Å². The summed E-state index contributed by atoms with van der Waals surface area (Å²) in [5, 5.41) is 3.43. The molecular weight excluding hydrogens is 337 g/mol. The molecule has 0 aromatic heterocycles. The van der Waals surface area contributed by atoms with Crippen LogP contribution in [0.3, 0.4) is 0 Å². The Hall–Kier alpha value is -1.39. The number of halogens is 2. The van der Waals surface area contributed by atoms with Gasteiger partial charge in [-0.2, -0.15) is 0 Å². The van der Waals surface area contributed by atoms with Crippen molar-refractivity contribution in [3.63, 3.8) is 0 Å². The first-order valence-corrected chi connectivity index (χ1v) is 8.19. The highest BCUT2D eigenvalue weighted by Crippen LogP contribution is 2.69. The van der Waals surface area contributed by atoms with Gasteiger partial charge in [0.05, 0.1) is 10.0 Å². The fourth-order valence-corrected chi connectivity index (χ4v) is 4.38. The van der Waals surface area contributed by atoms with Gasteiger partial charge in [-0.25, -0.2) is 0 Å². The minimum absolute atomic E-state index is 0.311. The molecule has 2 fully saturated rings. The average molecular weight is 354 g/mol. The number of fused-ring (bicyclic) bond motifs is 2. The molecule has 2 saturated carbocycles. The molecule has 0 aliphatic heterocycles. The highest BCUT2D eigenvalue weighted by atomic mass is 35.5. The maximum atomic E-state index is 12.9. The first-order chi connectivity index (χ1) is 10.6. The maximum Gasteiger partial charge on any atom is 0.239 e. The van der Waals surface area contributed by atoms with Crippen molar-refractivity contribution < 1.29 is 14.4 Å². The van der Waals surface area contributed by atoms with Gasteiger partial charge in [0, 0.05) is 11.1 Å². The van der Waals surface area contributed by atoms with E-state index in [4.69, 9.17) is 23.2 Å². The zero-order valence-electron chi connectivity index (χ0n) is 13.1. The third-order valence-electron chi connectivity index (χ3n) is 6.11. The predicted octanol–water partition coefficient (Wildman–Crippen LogP) is 3.90. The minimum Gasteiger partial charge on any atom is -0.325 e. The summed E-state index contributed by atoms with van der Waals surface area (Å²) >= 11 is 11.8. The number of benzene rings is 1. The fraction of sp³-hybridized carbons (Fsp3) is 0.471. The standard InChI is InChI=1S/C17H17Cl2NO3/c1-15(2)16(3)6-7-17(15,13(22)12(16)21)14(23)20-9-4-5-10(18)11(19)8-9/h4-5,8H,6-7H2,1-3H3,(H,20,23)/t16-,17+/m1/s1. The summed E-state index contributed by atoms with van der Waals surface area (Å²) < 4.78 is 0. The minimum atomic E-state index is -1.31. The van der Waals surface area contributed by atoms with Gasteiger partial charge in [-0.3, -0.25) is 14.4 Å². The van der Waals surface area contributed by atoms with Crippen molar-refractivity contribution in [3.8, 4) is 0 Å². The van der Waals surface area contributed by atoms with E-state index in [1.54, 1.807) is 19.1 Å². The number of amides is 1. The quantitative estimate of drug-likeness (QED) is 0.647. The molecule has 0 saturated heterocycles. The Morgan fingerprint density at radius 3 is 2.22 bits per heavy atom. The van der Waals surface area contributed by atoms with Crippen LogP contribution in [0.25, 0.3) is 0 Å². The van der Waals surface area contributed by atoms with Crippen LogP contribution in [0.2, 0.25) is 10.0 Å². The average Bonchev–Trinajstić information content (AvgIpc) is 2.75. The lowest BCUT2D eigenvalue weighted by Crippen LogP contribution is -2.47. The van der Waals surface area contributed by atoms with E-state index in [1.807, 2.05) is 13.8 Å². The van der Waals surface area contributed by atoms with Crippen molar-refractivity contribution in [2.45, 2.75) is 33.6 Å². The Morgan fingerprint density at radius 1 is 1.04 bits per heavy atom. The highest BCUT2D eigenvalue weighted by molar-refractivity contribution is 6.49. The van der Waals surface area contributed by atoms with E-state index < -0.39 is 33.7 Å². The molecule has 0 heterocycles. The lowest BCUT2D eigenvalue weighted by Gasteiger charge is -2.37. The van der Waals surface area contributed by atoms with Crippen LogP contribution in [0.1, 0.15) is 33.6 Å². The highest BCUT2D eigenvalue weighted by Gasteiger charge is 2.77. The smallest absolute Gasteiger partial charge is 0.239 e. The number of hydrogen-bond acceptors (Lipinski definition) is 3. The van der Waals surface area contributed by atoms with Gasteiger partial charge >= 0.3 is 0 Å². The molecule has 2 atom stereocenters. The molecule has 2 aliphatic carbocycles. The van der Waals surface area contributed by atoms with Crippen LogP contribution in [0, 0.1) is 16.2 Å². The van der Waals surface area contributed by atoms with Gasteiger partial charge in [-0.15, -0.1) is 0 Å². The van der Waals surface area contributed by atoms with E-state index in [1.165, 1.54) is 6.07 Å². The summed E-state index contributed by atoms with van der Waals surface area (Å²) in [6.45, 7) is 5.45. The molecule has 2 aliphatic rings. The van der Waals surface area contributed by atoms with Crippen molar-refractivity contribution in [1.82, 2.24) is 0 Å². The first kappa shape index (κ1) is 16.5. The molecule has 1 aromatic carbocycles. The number of nitrogens with one attached hydrogen (secondary N) is 1. The van der Waals surface area contributed by atoms with Gasteiger partial charge in [0.15, 0.2) is 0 Å². The zero-order valence-corrected chi connectivity index (χ0v) is 14.6. The van der Waals surface area contributed by atoms with Gasteiger partial charge in [-0.05, 0) is 36.5 Å². The summed E-state index contributed by atoms with van der Waals surface area (Å²) in [6, 6.07) is 4.72. The first-order valence-electron chi connectivity index (χ1n) is 7.44. The number of hydrogen-bond donors (Lipinski definition) is 1. The number of carbonyl (C=O) groups is 3. The third-order valence-corrected chi connectivity index (χ3v) is 6.85. The van der Waals surface area contributed by atoms with Crippen molar-refractivity contribution in [2.24, 2.45) is 16.2 Å². The van der Waals surface area contributed by atoms with Crippen molar-refractivity contribution in [3.05, 3.63) is 28.2 Å². The maximum absolute atomic E-state index is 12.9. The Labute approximate surface area is 144 Å². The molecule has 122 valence electrons. The number of Topliss-reactive ketones (excluding diaryl/α,β-unsaturated/α-hetero) is 2. The Morgan fingerprint density at radius 2 is 1.70 bits per heavy atom. The fourth-order valence-electron chi connectivity index (χ4n) is 4.08. The van der Waals surface area contributed by atoms with Gasteiger partial charge in [0.25, 0.3) is 0 Å². The molecule has 1 aromatic rings. The summed E-state index contributed by atoms with van der Waals surface area (Å²) in [5.41, 5.74) is -2.37. The van der Waals surface area contributed by atoms with Crippen molar-refractivity contribution in [1.29, 1.82) is 0 Å². The van der Waals surface area contributed by atoms with E-state index in [2.05, 4.69) is 5.32 Å². The Bertz CT molecular complexity index is 758. The topological polar surface area (TPSA) is 63.2 Å². The summed E-state index contributed by atoms with van der Waals surface area (Å²) in [4.78, 5) is 37.9. The molecule has 0 spiro atoms. The zero-order chi connectivity index (χ0) is 17.2. The van der Waals surface area contributed by atoms with Crippen LogP contribution in [0.4, 0.5) is 5.69 Å². The van der Waals surface area contributed by atoms with Crippen LogP contribution >= 0.6 is 23.2 Å². The second kappa shape index (κ2) is 4.81. The molecule has 6 heteroatoms. The lowest BCUT2D eigenvalue weighted by molar-refractivity contribution is -0.147. The molecule has 0 radical (unpaired) electrons. The van der Waals surface area contributed by atoms with Crippen LogP contribution in [0.5, 0.6) is 0 Å². The molecule has 23 heavy (non-hydrogen) atoms. The van der Waals surface area contributed by atoms with E-state index in [0.717, 1.165) is 0 Å². The summed E-state index contributed by atoms with van der Waals surface area (Å²) in [6.07, 6.45) is 0.924. The number of ketones is 2. The van der Waals surface area contributed by atoms with E-state index in [-0.39, 0.29) is 0 Å². The number of carbonyl (C=O) groups excluding carboxylic acids is 3. The van der Waals surface area contributed by atoms with Gasteiger partial charge in [0.2, 0.25) is 17.5 Å². The molecule has 3 rings (SSSR count). The van der Waals surface area contributed by atoms with E-state index in [9.17, 15) is 14.4 Å². The Kier molecular flexibility index (Phi) is 3.44. The second-order valence-electron chi connectivity index (χ2n) is 7.10. The van der Waals surface area contributed by atoms with Gasteiger partial charge < -0.3 is 5.32 Å². The molecular formula is C17H17Cl2NO3. The third kappa shape index (κ3) is 1.82. The van der Waals surface area contributed by atoms with E-state index in [0.29, 0.717) is 28.6 Å². The van der Waals surface area contributed by atoms with Gasteiger partial charge in [0.1, 0.15) is 5.41 Å². The SMILES string of the molecule is CC1(C)[C@@]2(C(=O)Nc3ccc(Cl)c(Cl)c3)CC[C@]1(C)C(=O)C2=O. The second-order valence-corrected chi connectivity index (χ2v) is 7.92. The van der Waals surface area contributed by atoms with Crippen LogP contribution < -0.4 is 5.32 Å². The molecule has 1 amide bonds. The predicted molar refractivity (Wildman–Crippen MR) is 88.7 cm³/mol. The number of anilines is 1. The normalized spacial score (nSPS) is 31.5. The monoisotopic (exact) mass is 353 g/mol. The van der Waals surface area contributed by atoms with Crippen LogP contribution in [0.15, 0.2) is 18.2 Å². The summed E-state index contributed by atoms with van der Waals surface area (Å²) in [7, 11) is 0.